The lowest BCUT2D eigenvalue weighted by Crippen LogP contribution is -2.58. The standard InChI is InChI=1S/C17H35N7.2ClHO4/c1-12(2)19-16-21-15(18-10-9-11-23(7)8)22-17(20-13(3)4)24(16)14(5)6;2*2-1(3,4)5/h12-14H,9-11H2,1-8H3,(H2,18,19,20,21,22);2*(H,2,3,4,5). The molecule has 34 heavy (non-hydrogen) atoms. The Hall–Kier alpha value is -1.37. The Morgan fingerprint density at radius 2 is 1.41 bits per heavy atom. The van der Waals surface area contributed by atoms with Gasteiger partial charge < -0.3 is 15.5 Å². The molecule has 1 rings (SSSR count). The van der Waals surface area contributed by atoms with E-state index in [0.29, 0.717) is 17.6 Å². The fourth-order valence-electron chi connectivity index (χ4n) is 2.25. The maximum atomic E-state index is 8.60. The van der Waals surface area contributed by atoms with Gasteiger partial charge in [-0.1, -0.05) is 0 Å². The average Bonchev–Trinajstić information content (AvgIpc) is 2.53. The van der Waals surface area contributed by atoms with Gasteiger partial charge in [-0.05, 0) is 68.6 Å². The number of rotatable bonds is 9. The molecule has 0 spiro atoms. The molecular formula is C17H37Cl2N7O8. The van der Waals surface area contributed by atoms with Crippen molar-refractivity contribution in [2.75, 3.05) is 37.8 Å². The summed E-state index contributed by atoms with van der Waals surface area (Å²) in [4.78, 5) is 16.2. The van der Waals surface area contributed by atoms with Gasteiger partial charge in [-0.3, -0.25) is 4.57 Å². The third-order valence-electron chi connectivity index (χ3n) is 3.23. The van der Waals surface area contributed by atoms with Gasteiger partial charge in [0, 0.05) is 24.7 Å². The van der Waals surface area contributed by atoms with Gasteiger partial charge in [0.15, 0.2) is 0 Å². The van der Waals surface area contributed by atoms with Gasteiger partial charge >= 0.3 is 0 Å². The molecule has 17 heteroatoms. The minimum Gasteiger partial charge on any atom is -0.354 e. The Morgan fingerprint density at radius 1 is 0.941 bits per heavy atom. The van der Waals surface area contributed by atoms with Crippen LogP contribution in [-0.4, -0.2) is 68.0 Å². The molecule has 0 saturated carbocycles. The van der Waals surface area contributed by atoms with E-state index in [1.165, 1.54) is 0 Å². The zero-order valence-electron chi connectivity index (χ0n) is 20.7. The van der Waals surface area contributed by atoms with Crippen LogP contribution in [0.15, 0.2) is 4.99 Å². The van der Waals surface area contributed by atoms with Crippen LogP contribution >= 0.6 is 0 Å². The van der Waals surface area contributed by atoms with Gasteiger partial charge in [0.05, 0.1) is 29.8 Å². The number of halogens is 2. The normalized spacial score (nSPS) is 12.5. The smallest absolute Gasteiger partial charge is 0.231 e. The highest BCUT2D eigenvalue weighted by Gasteiger charge is 2.13. The zero-order valence-corrected chi connectivity index (χ0v) is 22.2. The van der Waals surface area contributed by atoms with Crippen molar-refractivity contribution in [3.8, 4) is 0 Å². The molecular weight excluding hydrogens is 501 g/mol. The highest BCUT2D eigenvalue weighted by molar-refractivity contribution is 5.35. The van der Waals surface area contributed by atoms with Crippen molar-refractivity contribution in [3.05, 3.63) is 5.62 Å². The van der Waals surface area contributed by atoms with Crippen molar-refractivity contribution in [1.82, 2.24) is 19.4 Å². The highest BCUT2D eigenvalue weighted by Crippen LogP contribution is 2.12. The first-order valence-electron chi connectivity index (χ1n) is 10.2. The summed E-state index contributed by atoms with van der Waals surface area (Å²) in [6.07, 6.45) is 1.04. The molecule has 0 aliphatic heterocycles. The zero-order chi connectivity index (χ0) is 27.3. The fraction of sp³-hybridized carbons (Fsp3) is 0.824. The average molecular weight is 538 g/mol. The van der Waals surface area contributed by atoms with Crippen LogP contribution in [-0.2, 0) is 0 Å². The number of aromatic nitrogens is 3. The Bertz CT molecular complexity index is 727. The van der Waals surface area contributed by atoms with E-state index in [1.54, 1.807) is 0 Å². The van der Waals surface area contributed by atoms with Gasteiger partial charge in [0.25, 0.3) is 0 Å². The lowest BCUT2D eigenvalue weighted by Gasteiger charge is -2.20. The minimum atomic E-state index is -4.69. The number of hydrogen-bond donors (Lipinski definition) is 4. The summed E-state index contributed by atoms with van der Waals surface area (Å²) in [7, 11) is -5.23. The van der Waals surface area contributed by atoms with Crippen LogP contribution in [0.5, 0.6) is 0 Å². The van der Waals surface area contributed by atoms with Crippen molar-refractivity contribution in [2.45, 2.75) is 66.1 Å². The predicted octanol–water partition coefficient (Wildman–Crippen LogP) is -5.90. The summed E-state index contributed by atoms with van der Waals surface area (Å²) in [5, 5.41) is 6.75. The second-order valence-corrected chi connectivity index (χ2v) is 9.62. The van der Waals surface area contributed by atoms with E-state index in [0.717, 1.165) is 25.5 Å². The van der Waals surface area contributed by atoms with Gasteiger partial charge in [-0.25, -0.2) is 4.99 Å². The van der Waals surface area contributed by atoms with E-state index in [4.69, 9.17) is 37.3 Å². The molecule has 15 nitrogen and oxygen atoms in total. The molecule has 0 unspecified atom stereocenters. The quantitative estimate of drug-likeness (QED) is 0.214. The summed E-state index contributed by atoms with van der Waals surface area (Å²) in [5.74, 6) is 1.44. The molecule has 0 atom stereocenters. The molecule has 202 valence electrons. The summed E-state index contributed by atoms with van der Waals surface area (Å²) in [6.45, 7) is 14.5. The molecule has 4 N–H and O–H groups in total. The van der Waals surface area contributed by atoms with E-state index < -0.39 is 20.5 Å². The van der Waals surface area contributed by atoms with Gasteiger partial charge in [0.1, 0.15) is 0 Å². The first-order valence-corrected chi connectivity index (χ1v) is 12.7. The highest BCUT2D eigenvalue weighted by atomic mass is 35.7. The summed E-state index contributed by atoms with van der Waals surface area (Å²) in [5.41, 5.74) is 0.716. The number of nitrogens with one attached hydrogen (secondary N) is 2. The molecule has 0 bridgehead atoms. The van der Waals surface area contributed by atoms with Gasteiger partial charge in [-0.15, -0.1) is 0 Å². The SMILES string of the molecule is CC(C)N=c1nc(NCCCN(C)C)nc(NC(C)C)n1C(C)C.[O-][Cl+3]([O-])([O-])O.[O-][Cl+3]([O-])([O-])O. The van der Waals surface area contributed by atoms with Crippen molar-refractivity contribution in [2.24, 2.45) is 4.99 Å². The maximum absolute atomic E-state index is 8.60. The third kappa shape index (κ3) is 23.8. The van der Waals surface area contributed by atoms with E-state index in [1.807, 2.05) is 0 Å². The van der Waals surface area contributed by atoms with Crippen molar-refractivity contribution in [1.29, 1.82) is 0 Å². The van der Waals surface area contributed by atoms with E-state index in [9.17, 15) is 0 Å². The number of anilines is 2. The molecule has 0 saturated heterocycles. The second kappa shape index (κ2) is 16.3. The third-order valence-corrected chi connectivity index (χ3v) is 3.23. The minimum absolute atomic E-state index is 0.179. The predicted molar refractivity (Wildman–Crippen MR) is 106 cm³/mol. The van der Waals surface area contributed by atoms with Crippen molar-refractivity contribution >= 4 is 11.9 Å². The Morgan fingerprint density at radius 3 is 1.76 bits per heavy atom. The molecule has 1 heterocycles. The van der Waals surface area contributed by atoms with E-state index >= 15 is 0 Å². The van der Waals surface area contributed by atoms with Crippen LogP contribution in [0, 0.1) is 20.5 Å². The molecule has 0 amide bonds. The summed E-state index contributed by atoms with van der Waals surface area (Å²) >= 11 is 0. The van der Waals surface area contributed by atoms with Gasteiger partial charge in [-0.2, -0.15) is 37.9 Å². The van der Waals surface area contributed by atoms with Crippen molar-refractivity contribution < 1.29 is 57.8 Å². The summed E-state index contributed by atoms with van der Waals surface area (Å²) < 4.78 is 67.5. The molecule has 0 aliphatic carbocycles. The lowest BCUT2D eigenvalue weighted by molar-refractivity contribution is -1.92. The van der Waals surface area contributed by atoms with Crippen LogP contribution in [0.25, 0.3) is 0 Å². The topological polar surface area (TPSA) is 249 Å². The lowest BCUT2D eigenvalue weighted by atomic mass is 10.3. The monoisotopic (exact) mass is 537 g/mol. The number of nitrogens with zero attached hydrogens (tertiary/aromatic N) is 5. The van der Waals surface area contributed by atoms with Crippen LogP contribution in [0.3, 0.4) is 0 Å². The Kier molecular flexibility index (Phi) is 16.7. The maximum Gasteiger partial charge on any atom is 0.231 e. The molecule has 0 fully saturated rings. The second-order valence-electron chi connectivity index (χ2n) is 8.03. The largest absolute Gasteiger partial charge is 0.354 e. The summed E-state index contributed by atoms with van der Waals surface area (Å²) in [6, 6.07) is 0.698. The van der Waals surface area contributed by atoms with E-state index in [-0.39, 0.29) is 12.1 Å². The number of hydrogen-bond acceptors (Lipinski definition) is 14. The van der Waals surface area contributed by atoms with E-state index in [2.05, 4.69) is 90.7 Å². The van der Waals surface area contributed by atoms with Crippen molar-refractivity contribution in [3.63, 3.8) is 0 Å². The fourth-order valence-corrected chi connectivity index (χ4v) is 2.25. The van der Waals surface area contributed by atoms with Crippen LogP contribution in [0.4, 0.5) is 11.9 Å². The van der Waals surface area contributed by atoms with Gasteiger partial charge in [0.2, 0.25) is 17.5 Å². The first-order chi connectivity index (χ1) is 15.2. The molecule has 1 aromatic heterocycles. The molecule has 0 aromatic carbocycles. The van der Waals surface area contributed by atoms with Crippen LogP contribution in [0.1, 0.15) is 54.0 Å². The first kappa shape index (κ1) is 34.8. The molecule has 0 radical (unpaired) electrons. The molecule has 0 aliphatic rings. The van der Waals surface area contributed by atoms with Crippen LogP contribution < -0.4 is 44.2 Å². The Balaban J connectivity index is 0. The van der Waals surface area contributed by atoms with Crippen LogP contribution in [0.2, 0.25) is 0 Å². The molecule has 1 aromatic rings. The Labute approximate surface area is 203 Å².